The second kappa shape index (κ2) is 10.3. The molecule has 0 bridgehead atoms. The Bertz CT molecular complexity index is 1340. The molecule has 1 fully saturated rings. The number of carbonyl (C=O) groups is 4. The van der Waals surface area contributed by atoms with Gasteiger partial charge in [0.15, 0.2) is 0 Å². The lowest BCUT2D eigenvalue weighted by atomic mass is 10.1. The fourth-order valence-corrected chi connectivity index (χ4v) is 3.87. The zero-order valence-corrected chi connectivity index (χ0v) is 19.4. The maximum atomic E-state index is 14.5. The fourth-order valence-electron chi connectivity index (χ4n) is 3.87. The quantitative estimate of drug-likeness (QED) is 0.420. The number of hydrogen-bond donors (Lipinski definition) is 1. The molecule has 1 unspecified atom stereocenters. The third kappa shape index (κ3) is 4.61. The lowest BCUT2D eigenvalue weighted by Gasteiger charge is -2.28. The molecular formula is C26H22FN3O6. The SMILES string of the molecule is COc1cccc(N2C(=O)CC(N(NC(=O)c3ccccc3OC)C(=O)c3ccccc3F)C2=O)c1. The van der Waals surface area contributed by atoms with Gasteiger partial charge in [0, 0.05) is 6.07 Å². The summed E-state index contributed by atoms with van der Waals surface area (Å²) in [5, 5.41) is 0.702. The zero-order valence-electron chi connectivity index (χ0n) is 19.4. The van der Waals surface area contributed by atoms with Crippen LogP contribution in [0.3, 0.4) is 0 Å². The predicted molar refractivity (Wildman–Crippen MR) is 127 cm³/mol. The van der Waals surface area contributed by atoms with Crippen molar-refractivity contribution in [2.24, 2.45) is 0 Å². The van der Waals surface area contributed by atoms with Crippen molar-refractivity contribution in [1.82, 2.24) is 10.4 Å². The van der Waals surface area contributed by atoms with Crippen molar-refractivity contribution in [2.45, 2.75) is 12.5 Å². The van der Waals surface area contributed by atoms with Gasteiger partial charge in [0.1, 0.15) is 23.4 Å². The van der Waals surface area contributed by atoms with Crippen LogP contribution in [0.4, 0.5) is 10.1 Å². The van der Waals surface area contributed by atoms with Gasteiger partial charge in [-0.05, 0) is 36.4 Å². The molecule has 3 aromatic rings. The van der Waals surface area contributed by atoms with Crippen LogP contribution in [0, 0.1) is 5.82 Å². The summed E-state index contributed by atoms with van der Waals surface area (Å²) < 4.78 is 24.9. The van der Waals surface area contributed by atoms with E-state index in [9.17, 15) is 23.6 Å². The number of carbonyl (C=O) groups excluding carboxylic acids is 4. The number of hydrazine groups is 1. The Balaban J connectivity index is 1.72. The first kappa shape index (κ1) is 24.4. The van der Waals surface area contributed by atoms with E-state index >= 15 is 0 Å². The number of nitrogens with zero attached hydrogens (tertiary/aromatic N) is 2. The summed E-state index contributed by atoms with van der Waals surface area (Å²) in [4.78, 5) is 53.8. The van der Waals surface area contributed by atoms with E-state index < -0.39 is 41.9 Å². The largest absolute Gasteiger partial charge is 0.497 e. The Hall–Kier alpha value is -4.73. The molecule has 0 spiro atoms. The molecule has 1 saturated heterocycles. The Morgan fingerprint density at radius 1 is 0.944 bits per heavy atom. The van der Waals surface area contributed by atoms with Crippen LogP contribution in [0.15, 0.2) is 72.8 Å². The number of benzene rings is 3. The van der Waals surface area contributed by atoms with Crippen molar-refractivity contribution in [3.05, 3.63) is 89.7 Å². The number of amides is 4. The van der Waals surface area contributed by atoms with Crippen LogP contribution >= 0.6 is 0 Å². The lowest BCUT2D eigenvalue weighted by Crippen LogP contribution is -2.55. The van der Waals surface area contributed by atoms with E-state index in [1.807, 2.05) is 0 Å². The molecule has 1 atom stereocenters. The highest BCUT2D eigenvalue weighted by Crippen LogP contribution is 2.29. The summed E-state index contributed by atoms with van der Waals surface area (Å²) in [7, 11) is 2.82. The summed E-state index contributed by atoms with van der Waals surface area (Å²) in [6.07, 6.45) is -0.428. The number of para-hydroxylation sites is 1. The van der Waals surface area contributed by atoms with Gasteiger partial charge in [-0.3, -0.25) is 24.6 Å². The minimum atomic E-state index is -1.42. The standard InChI is InChI=1S/C26H22FN3O6/c1-35-17-9-7-8-16(14-17)29-23(31)15-21(26(29)34)30(25(33)18-10-3-5-12-20(18)27)28-24(32)19-11-4-6-13-22(19)36-2/h3-14,21H,15H2,1-2H3,(H,28,32). The molecule has 10 heteroatoms. The molecule has 0 aliphatic carbocycles. The molecular weight excluding hydrogens is 469 g/mol. The van der Waals surface area contributed by atoms with Gasteiger partial charge >= 0.3 is 0 Å². The van der Waals surface area contributed by atoms with Crippen molar-refractivity contribution in [1.29, 1.82) is 0 Å². The van der Waals surface area contributed by atoms with Gasteiger partial charge in [-0.25, -0.2) is 14.3 Å². The van der Waals surface area contributed by atoms with Crippen molar-refractivity contribution >= 4 is 29.3 Å². The minimum absolute atomic E-state index is 0.0766. The Labute approximate surface area is 206 Å². The van der Waals surface area contributed by atoms with Crippen LogP contribution in [0.25, 0.3) is 0 Å². The van der Waals surface area contributed by atoms with Gasteiger partial charge in [-0.2, -0.15) is 0 Å². The topological polar surface area (TPSA) is 105 Å². The zero-order chi connectivity index (χ0) is 25.8. The van der Waals surface area contributed by atoms with Gasteiger partial charge in [-0.1, -0.05) is 30.3 Å². The molecule has 0 saturated carbocycles. The van der Waals surface area contributed by atoms with Crippen LogP contribution in [0.2, 0.25) is 0 Å². The van der Waals surface area contributed by atoms with Gasteiger partial charge < -0.3 is 9.47 Å². The summed E-state index contributed by atoms with van der Waals surface area (Å²) in [6, 6.07) is 16.3. The molecule has 1 N–H and O–H groups in total. The van der Waals surface area contributed by atoms with Gasteiger partial charge in [0.2, 0.25) is 5.91 Å². The van der Waals surface area contributed by atoms with E-state index in [4.69, 9.17) is 9.47 Å². The number of halogens is 1. The average molecular weight is 491 g/mol. The molecule has 3 aromatic carbocycles. The molecule has 0 radical (unpaired) electrons. The summed E-state index contributed by atoms with van der Waals surface area (Å²) in [5.74, 6) is -3.34. The van der Waals surface area contributed by atoms with Crippen LogP contribution in [0.5, 0.6) is 11.5 Å². The average Bonchev–Trinajstić information content (AvgIpc) is 3.20. The number of nitrogens with one attached hydrogen (secondary N) is 1. The normalized spacial score (nSPS) is 15.0. The van der Waals surface area contributed by atoms with E-state index in [0.29, 0.717) is 10.8 Å². The third-order valence-electron chi connectivity index (χ3n) is 5.64. The van der Waals surface area contributed by atoms with E-state index in [1.165, 1.54) is 50.6 Å². The lowest BCUT2D eigenvalue weighted by molar-refractivity contribution is -0.122. The molecule has 9 nitrogen and oxygen atoms in total. The molecule has 1 aliphatic heterocycles. The number of hydrogen-bond acceptors (Lipinski definition) is 6. The number of ether oxygens (including phenoxy) is 2. The molecule has 0 aromatic heterocycles. The van der Waals surface area contributed by atoms with Crippen LogP contribution in [0.1, 0.15) is 27.1 Å². The van der Waals surface area contributed by atoms with E-state index in [-0.39, 0.29) is 22.6 Å². The number of imide groups is 1. The minimum Gasteiger partial charge on any atom is -0.497 e. The first-order valence-electron chi connectivity index (χ1n) is 10.9. The Morgan fingerprint density at radius 3 is 2.33 bits per heavy atom. The smallest absolute Gasteiger partial charge is 0.276 e. The van der Waals surface area contributed by atoms with Crippen LogP contribution < -0.4 is 19.8 Å². The highest BCUT2D eigenvalue weighted by Gasteiger charge is 2.46. The maximum Gasteiger partial charge on any atom is 0.276 e. The monoisotopic (exact) mass is 491 g/mol. The van der Waals surface area contributed by atoms with E-state index in [2.05, 4.69) is 5.43 Å². The number of rotatable bonds is 6. The van der Waals surface area contributed by atoms with Gasteiger partial charge in [0.25, 0.3) is 17.7 Å². The second-order valence-corrected chi connectivity index (χ2v) is 7.79. The van der Waals surface area contributed by atoms with Gasteiger partial charge in [0.05, 0.1) is 37.5 Å². The van der Waals surface area contributed by atoms with Crippen molar-refractivity contribution in [2.75, 3.05) is 19.1 Å². The number of anilines is 1. The van der Waals surface area contributed by atoms with Crippen molar-refractivity contribution in [3.63, 3.8) is 0 Å². The fraction of sp³-hybridized carbons (Fsp3) is 0.154. The molecule has 36 heavy (non-hydrogen) atoms. The molecule has 1 heterocycles. The molecule has 184 valence electrons. The number of methoxy groups -OCH3 is 2. The summed E-state index contributed by atoms with van der Waals surface area (Å²) in [5.41, 5.74) is 2.33. The van der Waals surface area contributed by atoms with Crippen LogP contribution in [-0.4, -0.2) is 48.9 Å². The second-order valence-electron chi connectivity index (χ2n) is 7.79. The first-order valence-corrected chi connectivity index (χ1v) is 10.9. The molecule has 4 amide bonds. The van der Waals surface area contributed by atoms with E-state index in [1.54, 1.807) is 30.3 Å². The van der Waals surface area contributed by atoms with E-state index in [0.717, 1.165) is 11.0 Å². The maximum absolute atomic E-state index is 14.5. The first-order chi connectivity index (χ1) is 17.3. The molecule has 1 aliphatic rings. The van der Waals surface area contributed by atoms with Gasteiger partial charge in [-0.15, -0.1) is 0 Å². The van der Waals surface area contributed by atoms with Crippen molar-refractivity contribution < 1.29 is 33.0 Å². The summed E-state index contributed by atoms with van der Waals surface area (Å²) >= 11 is 0. The third-order valence-corrected chi connectivity index (χ3v) is 5.64. The summed E-state index contributed by atoms with van der Waals surface area (Å²) in [6.45, 7) is 0. The van der Waals surface area contributed by atoms with Crippen LogP contribution in [-0.2, 0) is 9.59 Å². The Kier molecular flexibility index (Phi) is 6.95. The van der Waals surface area contributed by atoms with Crippen molar-refractivity contribution in [3.8, 4) is 11.5 Å². The highest BCUT2D eigenvalue weighted by atomic mass is 19.1. The molecule has 4 rings (SSSR count). The Morgan fingerprint density at radius 2 is 1.64 bits per heavy atom. The highest BCUT2D eigenvalue weighted by molar-refractivity contribution is 6.23. The predicted octanol–water partition coefficient (Wildman–Crippen LogP) is 2.96.